The molecule has 0 saturated carbocycles. The Morgan fingerprint density at radius 2 is 1.88 bits per heavy atom. The first-order chi connectivity index (χ1) is 11.3. The van der Waals surface area contributed by atoms with E-state index in [0.717, 1.165) is 6.20 Å². The number of rotatable bonds is 2. The lowest BCUT2D eigenvalue weighted by Crippen LogP contribution is -2.11. The van der Waals surface area contributed by atoms with Gasteiger partial charge in [0.1, 0.15) is 5.52 Å². The summed E-state index contributed by atoms with van der Waals surface area (Å²) < 4.78 is 44.2. The van der Waals surface area contributed by atoms with Crippen LogP contribution in [0, 0.1) is 0 Å². The molecular weight excluding hydrogens is 327 g/mol. The van der Waals surface area contributed by atoms with Gasteiger partial charge in [0.25, 0.3) is 0 Å². The number of imidazole rings is 1. The predicted octanol–water partition coefficient (Wildman–Crippen LogP) is 2.20. The van der Waals surface area contributed by atoms with Crippen molar-refractivity contribution in [2.24, 2.45) is 0 Å². The first kappa shape index (κ1) is 15.7. The van der Waals surface area contributed by atoms with Crippen molar-refractivity contribution in [1.29, 1.82) is 0 Å². The van der Waals surface area contributed by atoms with Crippen LogP contribution in [0.3, 0.4) is 0 Å². The monoisotopic (exact) mass is 337 g/mol. The second-order valence-corrected chi connectivity index (χ2v) is 4.74. The van der Waals surface area contributed by atoms with Crippen LogP contribution in [0.1, 0.15) is 16.2 Å². The van der Waals surface area contributed by atoms with Crippen LogP contribution in [0.2, 0.25) is 0 Å². The first-order valence-electron chi connectivity index (χ1n) is 6.58. The van der Waals surface area contributed by atoms with Gasteiger partial charge >= 0.3 is 12.1 Å². The van der Waals surface area contributed by atoms with Gasteiger partial charge in [0.2, 0.25) is 11.8 Å². The van der Waals surface area contributed by atoms with Gasteiger partial charge in [0.05, 0.1) is 24.6 Å². The van der Waals surface area contributed by atoms with Crippen molar-refractivity contribution in [2.75, 3.05) is 12.8 Å². The number of aromatic nitrogens is 4. The largest absolute Gasteiger partial charge is 0.465 e. The average molecular weight is 337 g/mol. The quantitative estimate of drug-likeness (QED) is 0.720. The van der Waals surface area contributed by atoms with Gasteiger partial charge in [0, 0.05) is 0 Å². The topological polar surface area (TPSA) is 95.9 Å². The van der Waals surface area contributed by atoms with Crippen LogP contribution in [-0.2, 0) is 10.9 Å². The lowest BCUT2D eigenvalue weighted by molar-refractivity contribution is -0.144. The summed E-state index contributed by atoms with van der Waals surface area (Å²) in [5.41, 5.74) is 6.50. The van der Waals surface area contributed by atoms with Crippen molar-refractivity contribution in [3.8, 4) is 5.69 Å². The minimum absolute atomic E-state index is 0.0514. The van der Waals surface area contributed by atoms with E-state index in [-0.39, 0.29) is 22.7 Å². The van der Waals surface area contributed by atoms with Crippen LogP contribution in [0.5, 0.6) is 0 Å². The number of carbonyl (C=O) groups is 1. The van der Waals surface area contributed by atoms with Gasteiger partial charge in [-0.15, -0.1) is 0 Å². The maximum absolute atomic E-state index is 12.8. The van der Waals surface area contributed by atoms with Crippen molar-refractivity contribution in [3.05, 3.63) is 41.9 Å². The number of hydrogen-bond donors (Lipinski definition) is 1. The summed E-state index contributed by atoms with van der Waals surface area (Å²) in [4.78, 5) is 22.1. The van der Waals surface area contributed by atoms with Gasteiger partial charge in [-0.3, -0.25) is 4.57 Å². The number of nitrogens with two attached hydrogens (primary N) is 1. The van der Waals surface area contributed by atoms with Crippen molar-refractivity contribution in [2.45, 2.75) is 6.18 Å². The van der Waals surface area contributed by atoms with Crippen LogP contribution >= 0.6 is 0 Å². The third kappa shape index (κ3) is 2.62. The Labute approximate surface area is 132 Å². The van der Waals surface area contributed by atoms with E-state index in [0.29, 0.717) is 5.69 Å². The number of anilines is 1. The molecule has 2 heterocycles. The van der Waals surface area contributed by atoms with Crippen molar-refractivity contribution in [3.63, 3.8) is 0 Å². The summed E-state index contributed by atoms with van der Waals surface area (Å²) in [6.07, 6.45) is -3.73. The molecule has 0 radical (unpaired) electrons. The molecule has 0 amide bonds. The number of nitrogens with zero attached hydrogens (tertiary/aromatic N) is 4. The Morgan fingerprint density at radius 3 is 2.46 bits per heavy atom. The van der Waals surface area contributed by atoms with Crippen molar-refractivity contribution < 1.29 is 22.7 Å². The zero-order valence-corrected chi connectivity index (χ0v) is 12.2. The third-order valence-electron chi connectivity index (χ3n) is 3.23. The minimum atomic E-state index is -4.69. The van der Waals surface area contributed by atoms with Crippen molar-refractivity contribution >= 4 is 23.1 Å². The van der Waals surface area contributed by atoms with E-state index in [1.54, 1.807) is 0 Å². The normalized spacial score (nSPS) is 11.7. The van der Waals surface area contributed by atoms with Crippen LogP contribution in [0.4, 0.5) is 19.1 Å². The Morgan fingerprint density at radius 1 is 1.21 bits per heavy atom. The Hall–Kier alpha value is -3.17. The number of nitrogen functional groups attached to an aromatic ring is 1. The standard InChI is InChI=1S/C14H10F3N5O2/c1-24-11(23)7-2-4-8(5-3-7)22-10-9(20-13(22)18)6-19-12(21-10)14(15,16)17/h2-6H,1H3,(H2,18,20). The van der Waals surface area contributed by atoms with Gasteiger partial charge in [0.15, 0.2) is 5.65 Å². The van der Waals surface area contributed by atoms with Crippen LogP contribution in [-0.4, -0.2) is 32.6 Å². The number of ether oxygens (including phenoxy) is 1. The lowest BCUT2D eigenvalue weighted by atomic mass is 10.2. The molecular formula is C14H10F3N5O2. The highest BCUT2D eigenvalue weighted by Crippen LogP contribution is 2.28. The summed E-state index contributed by atoms with van der Waals surface area (Å²) >= 11 is 0. The molecule has 7 nitrogen and oxygen atoms in total. The smallest absolute Gasteiger partial charge is 0.451 e. The number of methoxy groups -OCH3 is 1. The maximum Gasteiger partial charge on any atom is 0.451 e. The Balaban J connectivity index is 2.14. The molecule has 0 spiro atoms. The molecule has 2 aromatic heterocycles. The molecule has 0 unspecified atom stereocenters. The van der Waals surface area contributed by atoms with E-state index in [4.69, 9.17) is 5.73 Å². The molecule has 124 valence electrons. The molecule has 0 aliphatic rings. The van der Waals surface area contributed by atoms with E-state index in [1.807, 2.05) is 0 Å². The molecule has 0 atom stereocenters. The molecule has 2 N–H and O–H groups in total. The molecule has 10 heteroatoms. The van der Waals surface area contributed by atoms with E-state index in [1.165, 1.54) is 35.9 Å². The highest BCUT2D eigenvalue weighted by molar-refractivity contribution is 5.89. The second-order valence-electron chi connectivity index (χ2n) is 4.74. The summed E-state index contributed by atoms with van der Waals surface area (Å²) in [6.45, 7) is 0. The molecule has 0 bridgehead atoms. The zero-order chi connectivity index (χ0) is 17.5. The van der Waals surface area contributed by atoms with Crippen LogP contribution in [0.25, 0.3) is 16.9 Å². The Bertz CT molecular complexity index is 919. The van der Waals surface area contributed by atoms with E-state index in [9.17, 15) is 18.0 Å². The fourth-order valence-corrected chi connectivity index (χ4v) is 2.15. The summed E-state index contributed by atoms with van der Waals surface area (Å²) in [7, 11) is 1.24. The number of fused-ring (bicyclic) bond motifs is 1. The molecule has 0 saturated heterocycles. The molecule has 24 heavy (non-hydrogen) atoms. The van der Waals surface area contributed by atoms with Gasteiger partial charge in [-0.25, -0.2) is 19.7 Å². The highest BCUT2D eigenvalue weighted by atomic mass is 19.4. The molecule has 0 aliphatic heterocycles. The maximum atomic E-state index is 12.8. The summed E-state index contributed by atoms with van der Waals surface area (Å²) in [6, 6.07) is 5.91. The number of carbonyl (C=O) groups excluding carboxylic acids is 1. The minimum Gasteiger partial charge on any atom is -0.465 e. The van der Waals surface area contributed by atoms with E-state index >= 15 is 0 Å². The second kappa shape index (κ2) is 5.48. The Kier molecular flexibility index (Phi) is 3.59. The summed E-state index contributed by atoms with van der Waals surface area (Å²) in [5.74, 6) is -1.88. The number of halogens is 3. The van der Waals surface area contributed by atoms with Crippen LogP contribution < -0.4 is 5.73 Å². The van der Waals surface area contributed by atoms with Crippen LogP contribution in [0.15, 0.2) is 30.5 Å². The molecule has 0 aliphatic carbocycles. The van der Waals surface area contributed by atoms with E-state index < -0.39 is 18.0 Å². The summed E-state index contributed by atoms with van der Waals surface area (Å²) in [5, 5.41) is 0. The fourth-order valence-electron chi connectivity index (χ4n) is 2.15. The van der Waals surface area contributed by atoms with Gasteiger partial charge in [-0.05, 0) is 24.3 Å². The molecule has 3 aromatic rings. The predicted molar refractivity (Wildman–Crippen MR) is 77.4 cm³/mol. The molecule has 1 aromatic carbocycles. The first-order valence-corrected chi connectivity index (χ1v) is 6.58. The third-order valence-corrected chi connectivity index (χ3v) is 3.23. The van der Waals surface area contributed by atoms with Gasteiger partial charge < -0.3 is 10.5 Å². The van der Waals surface area contributed by atoms with Gasteiger partial charge in [-0.2, -0.15) is 13.2 Å². The zero-order valence-electron chi connectivity index (χ0n) is 12.2. The lowest BCUT2D eigenvalue weighted by Gasteiger charge is -2.08. The van der Waals surface area contributed by atoms with Gasteiger partial charge in [-0.1, -0.05) is 0 Å². The average Bonchev–Trinajstić information content (AvgIpc) is 2.88. The molecule has 3 rings (SSSR count). The van der Waals surface area contributed by atoms with Crippen molar-refractivity contribution in [1.82, 2.24) is 19.5 Å². The fraction of sp³-hybridized carbons (Fsp3) is 0.143. The number of benzene rings is 1. The van der Waals surface area contributed by atoms with E-state index in [2.05, 4.69) is 19.7 Å². The number of esters is 1. The highest BCUT2D eigenvalue weighted by Gasteiger charge is 2.35. The molecule has 0 fully saturated rings. The number of hydrogen-bond acceptors (Lipinski definition) is 6. The number of alkyl halides is 3. The SMILES string of the molecule is COC(=O)c1ccc(-n2c(N)nc3cnc(C(F)(F)F)nc32)cc1.